The van der Waals surface area contributed by atoms with E-state index in [1.165, 1.54) is 6.08 Å². The van der Waals surface area contributed by atoms with Crippen molar-refractivity contribution in [2.45, 2.75) is 0 Å². The summed E-state index contributed by atoms with van der Waals surface area (Å²) in [4.78, 5) is 15.2. The Morgan fingerprint density at radius 1 is 1.10 bits per heavy atom. The molecule has 0 radical (unpaired) electrons. The number of carbonyl (C=O) groups is 1. The Bertz CT molecular complexity index is 724. The van der Waals surface area contributed by atoms with Gasteiger partial charge < -0.3 is 4.98 Å². The third-order valence-corrected chi connectivity index (χ3v) is 3.01. The Morgan fingerprint density at radius 3 is 2.70 bits per heavy atom. The van der Waals surface area contributed by atoms with Gasteiger partial charge in [0.15, 0.2) is 0 Å². The Hall–Kier alpha value is -2.88. The predicted molar refractivity (Wildman–Crippen MR) is 78.2 cm³/mol. The van der Waals surface area contributed by atoms with Crippen LogP contribution in [0.3, 0.4) is 0 Å². The molecule has 4 nitrogen and oxygen atoms in total. The normalized spacial score (nSPS) is 11.0. The van der Waals surface area contributed by atoms with Crippen LogP contribution in [-0.4, -0.2) is 21.0 Å². The van der Waals surface area contributed by atoms with Gasteiger partial charge >= 0.3 is 0 Å². The zero-order chi connectivity index (χ0) is 13.8. The summed E-state index contributed by atoms with van der Waals surface area (Å²) >= 11 is 0. The van der Waals surface area contributed by atoms with Crippen molar-refractivity contribution in [3.8, 4) is 11.1 Å². The van der Waals surface area contributed by atoms with Gasteiger partial charge in [-0.15, -0.1) is 0 Å². The van der Waals surface area contributed by atoms with Crippen LogP contribution in [0, 0.1) is 0 Å². The molecule has 0 bridgehead atoms. The molecule has 20 heavy (non-hydrogen) atoms. The first kappa shape index (κ1) is 12.2. The van der Waals surface area contributed by atoms with E-state index in [1.54, 1.807) is 12.3 Å². The molecular weight excluding hydrogens is 250 g/mol. The van der Waals surface area contributed by atoms with Crippen LogP contribution in [0.5, 0.6) is 0 Å². The summed E-state index contributed by atoms with van der Waals surface area (Å²) in [6.07, 6.45) is 6.77. The van der Waals surface area contributed by atoms with Crippen LogP contribution in [0.15, 0.2) is 60.9 Å². The van der Waals surface area contributed by atoms with Gasteiger partial charge in [0, 0.05) is 17.5 Å². The molecule has 0 unspecified atom stereocenters. The van der Waals surface area contributed by atoms with Gasteiger partial charge in [0.25, 0.3) is 0 Å². The fourth-order valence-corrected chi connectivity index (χ4v) is 2.01. The van der Waals surface area contributed by atoms with Crippen molar-refractivity contribution < 1.29 is 4.79 Å². The number of carbonyl (C=O) groups excluding carboxylic acids is 1. The van der Waals surface area contributed by atoms with Crippen LogP contribution in [-0.2, 0) is 0 Å². The molecule has 3 aromatic rings. The highest BCUT2D eigenvalue weighted by Crippen LogP contribution is 2.22. The van der Waals surface area contributed by atoms with Gasteiger partial charge in [0.1, 0.15) is 5.69 Å². The van der Waals surface area contributed by atoms with Crippen LogP contribution >= 0.6 is 0 Å². The van der Waals surface area contributed by atoms with Crippen LogP contribution in [0.1, 0.15) is 16.2 Å². The largest absolute Gasteiger partial charge is 0.362 e. The molecule has 98 valence electrons. The molecule has 3 rings (SSSR count). The summed E-state index contributed by atoms with van der Waals surface area (Å²) in [6, 6.07) is 13.5. The summed E-state index contributed by atoms with van der Waals surface area (Å²) in [5.41, 5.74) is 3.17. The smallest absolute Gasteiger partial charge is 0.204 e. The minimum atomic E-state index is -0.101. The summed E-state index contributed by atoms with van der Waals surface area (Å²) in [7, 11) is 0. The number of aromatic amines is 2. The number of nitrogens with zero attached hydrogens (tertiary/aromatic N) is 1. The van der Waals surface area contributed by atoms with Gasteiger partial charge in [-0.1, -0.05) is 30.3 Å². The number of aromatic nitrogens is 3. The molecule has 0 saturated heterocycles. The van der Waals surface area contributed by atoms with Crippen molar-refractivity contribution in [3.05, 3.63) is 72.3 Å². The maximum absolute atomic E-state index is 12.2. The predicted octanol–water partition coefficient (Wildman–Crippen LogP) is 3.30. The zero-order valence-electron chi connectivity index (χ0n) is 10.7. The maximum Gasteiger partial charge on any atom is 0.204 e. The molecule has 0 aliphatic heterocycles. The van der Waals surface area contributed by atoms with Gasteiger partial charge in [-0.3, -0.25) is 9.89 Å². The molecule has 4 heteroatoms. The fourth-order valence-electron chi connectivity index (χ4n) is 2.01. The molecule has 0 fully saturated rings. The average molecular weight is 263 g/mol. The molecule has 2 N–H and O–H groups in total. The number of benzene rings is 1. The molecule has 0 aliphatic rings. The molecule has 2 heterocycles. The third-order valence-electron chi connectivity index (χ3n) is 3.01. The Morgan fingerprint density at radius 2 is 1.95 bits per heavy atom. The molecule has 0 aliphatic carbocycles. The minimum absolute atomic E-state index is 0.101. The van der Waals surface area contributed by atoms with Crippen molar-refractivity contribution in [2.75, 3.05) is 0 Å². The maximum atomic E-state index is 12.2. The first-order valence-electron chi connectivity index (χ1n) is 6.29. The Labute approximate surface area is 116 Å². The van der Waals surface area contributed by atoms with Crippen LogP contribution in [0.2, 0.25) is 0 Å². The second kappa shape index (κ2) is 5.40. The number of ketones is 1. The number of hydrogen-bond acceptors (Lipinski definition) is 2. The van der Waals surface area contributed by atoms with E-state index < -0.39 is 0 Å². The van der Waals surface area contributed by atoms with Crippen molar-refractivity contribution in [3.63, 3.8) is 0 Å². The van der Waals surface area contributed by atoms with Gasteiger partial charge in [0.2, 0.25) is 5.78 Å². The van der Waals surface area contributed by atoms with E-state index in [1.807, 2.05) is 48.7 Å². The third kappa shape index (κ3) is 2.44. The monoisotopic (exact) mass is 263 g/mol. The van der Waals surface area contributed by atoms with Gasteiger partial charge in [-0.05, 0) is 29.8 Å². The number of hydrogen-bond donors (Lipinski definition) is 2. The molecule has 0 spiro atoms. The minimum Gasteiger partial charge on any atom is -0.362 e. The molecule has 0 saturated carbocycles. The lowest BCUT2D eigenvalue weighted by Gasteiger charge is -1.99. The number of nitrogens with one attached hydrogen (secondary N) is 2. The van der Waals surface area contributed by atoms with E-state index in [0.29, 0.717) is 5.69 Å². The number of rotatable bonds is 4. The lowest BCUT2D eigenvalue weighted by Crippen LogP contribution is -1.97. The highest BCUT2D eigenvalue weighted by molar-refractivity contribution is 6.09. The van der Waals surface area contributed by atoms with E-state index in [4.69, 9.17) is 0 Å². The van der Waals surface area contributed by atoms with Gasteiger partial charge in [-0.25, -0.2) is 0 Å². The fraction of sp³-hybridized carbons (Fsp3) is 0. The Kier molecular flexibility index (Phi) is 3.29. The first-order chi connectivity index (χ1) is 9.84. The van der Waals surface area contributed by atoms with E-state index in [0.717, 1.165) is 16.8 Å². The summed E-state index contributed by atoms with van der Waals surface area (Å²) in [5, 5.41) is 6.75. The van der Waals surface area contributed by atoms with E-state index in [9.17, 15) is 4.79 Å². The second-order valence-electron chi connectivity index (χ2n) is 4.35. The first-order valence-corrected chi connectivity index (χ1v) is 6.29. The highest BCUT2D eigenvalue weighted by atomic mass is 16.1. The highest BCUT2D eigenvalue weighted by Gasteiger charge is 2.12. The van der Waals surface area contributed by atoms with Crippen molar-refractivity contribution in [2.24, 2.45) is 0 Å². The summed E-state index contributed by atoms with van der Waals surface area (Å²) in [6.45, 7) is 0. The lowest BCUT2D eigenvalue weighted by molar-refractivity contribution is 0.104. The quantitative estimate of drug-likeness (QED) is 0.560. The van der Waals surface area contributed by atoms with E-state index in [-0.39, 0.29) is 5.78 Å². The van der Waals surface area contributed by atoms with Crippen LogP contribution in [0.25, 0.3) is 17.2 Å². The van der Waals surface area contributed by atoms with Crippen molar-refractivity contribution in [1.29, 1.82) is 0 Å². The van der Waals surface area contributed by atoms with Crippen molar-refractivity contribution in [1.82, 2.24) is 15.2 Å². The molecule has 2 aromatic heterocycles. The van der Waals surface area contributed by atoms with Gasteiger partial charge in [0.05, 0.1) is 6.20 Å². The molecule has 1 aromatic carbocycles. The Balaban J connectivity index is 1.88. The number of allylic oxidation sites excluding steroid dienone is 1. The van der Waals surface area contributed by atoms with E-state index in [2.05, 4.69) is 15.2 Å². The standard InChI is InChI=1S/C16H13N3O/c20-15(9-8-13-7-4-10-17-13)16-14(11-18-19-16)12-5-2-1-3-6-12/h1-11,17H,(H,18,19)/b9-8+. The lowest BCUT2D eigenvalue weighted by atomic mass is 10.0. The van der Waals surface area contributed by atoms with E-state index >= 15 is 0 Å². The van der Waals surface area contributed by atoms with Crippen LogP contribution in [0.4, 0.5) is 0 Å². The topological polar surface area (TPSA) is 61.5 Å². The molecule has 0 amide bonds. The zero-order valence-corrected chi connectivity index (χ0v) is 10.7. The van der Waals surface area contributed by atoms with Crippen molar-refractivity contribution >= 4 is 11.9 Å². The molecule has 0 atom stereocenters. The average Bonchev–Trinajstić information content (AvgIpc) is 3.17. The SMILES string of the molecule is O=C(/C=C/c1ccc[nH]1)c1[nH]ncc1-c1ccccc1. The summed E-state index contributed by atoms with van der Waals surface area (Å²) < 4.78 is 0. The number of H-pyrrole nitrogens is 2. The summed E-state index contributed by atoms with van der Waals surface area (Å²) in [5.74, 6) is -0.101. The van der Waals surface area contributed by atoms with Crippen LogP contribution < -0.4 is 0 Å². The van der Waals surface area contributed by atoms with Gasteiger partial charge in [-0.2, -0.15) is 5.10 Å². The molecular formula is C16H13N3O. The second-order valence-corrected chi connectivity index (χ2v) is 4.35.